The topological polar surface area (TPSA) is 90.7 Å². The lowest BCUT2D eigenvalue weighted by Crippen LogP contribution is -2.36. The largest absolute Gasteiger partial charge is 0.443 e. The van der Waals surface area contributed by atoms with Gasteiger partial charge in [-0.25, -0.2) is 9.18 Å². The van der Waals surface area contributed by atoms with Crippen LogP contribution in [0.5, 0.6) is 0 Å². The first-order valence-electron chi connectivity index (χ1n) is 7.93. The van der Waals surface area contributed by atoms with Crippen molar-refractivity contribution in [2.24, 2.45) is 10.7 Å². The first-order chi connectivity index (χ1) is 11.2. The summed E-state index contributed by atoms with van der Waals surface area (Å²) in [5, 5.41) is 0.830. The number of carbonyl (C=O) groups excluding carboxylic acids is 1. The number of anilines is 1. The maximum atomic E-state index is 14.4. The van der Waals surface area contributed by atoms with E-state index >= 15 is 0 Å². The number of carbonyl (C=O) groups is 1. The lowest BCUT2D eigenvalue weighted by Gasteiger charge is -2.35. The quantitative estimate of drug-likeness (QED) is 0.788. The van der Waals surface area contributed by atoms with Gasteiger partial charge in [0, 0.05) is 23.4 Å². The number of ether oxygens (including phenoxy) is 1. The van der Waals surface area contributed by atoms with Gasteiger partial charge in [-0.1, -0.05) is 6.92 Å². The van der Waals surface area contributed by atoms with E-state index in [1.54, 1.807) is 37.7 Å². The van der Waals surface area contributed by atoms with E-state index in [1.165, 1.54) is 6.07 Å². The molecule has 5 nitrogen and oxygen atoms in total. The zero-order chi connectivity index (χ0) is 18.0. The van der Waals surface area contributed by atoms with Crippen LogP contribution in [0.25, 0.3) is 0 Å². The number of nitrogen functional groups attached to an aromatic ring is 1. The molecule has 0 aliphatic carbocycles. The number of amides is 1. The van der Waals surface area contributed by atoms with Crippen LogP contribution < -0.4 is 11.5 Å². The van der Waals surface area contributed by atoms with Crippen molar-refractivity contribution in [2.75, 3.05) is 11.5 Å². The highest BCUT2D eigenvalue weighted by molar-refractivity contribution is 8.14. The van der Waals surface area contributed by atoms with Crippen molar-refractivity contribution >= 4 is 28.6 Å². The van der Waals surface area contributed by atoms with Gasteiger partial charge in [-0.3, -0.25) is 4.99 Å². The first kappa shape index (κ1) is 18.6. The fourth-order valence-corrected chi connectivity index (χ4v) is 4.33. The Bertz CT molecular complexity index is 663. The fraction of sp³-hybridized carbons (Fsp3) is 0.529. The monoisotopic (exact) mass is 353 g/mol. The van der Waals surface area contributed by atoms with Crippen molar-refractivity contribution in [1.29, 1.82) is 0 Å². The van der Waals surface area contributed by atoms with Crippen LogP contribution in [0.4, 0.5) is 14.9 Å². The summed E-state index contributed by atoms with van der Waals surface area (Å²) in [4.78, 5) is 15.9. The third-order valence-corrected chi connectivity index (χ3v) is 5.13. The highest BCUT2D eigenvalue weighted by Gasteiger charge is 2.37. The number of rotatable bonds is 5. The maximum absolute atomic E-state index is 14.4. The Morgan fingerprint density at radius 2 is 2.21 bits per heavy atom. The second-order valence-corrected chi connectivity index (χ2v) is 7.75. The number of benzene rings is 1. The smallest absolute Gasteiger partial charge is 0.405 e. The number of nitrogens with two attached hydrogens (primary N) is 2. The molecule has 1 atom stereocenters. The number of hydrogen-bond acceptors (Lipinski definition) is 5. The van der Waals surface area contributed by atoms with E-state index in [2.05, 4.69) is 0 Å². The van der Waals surface area contributed by atoms with Gasteiger partial charge in [-0.2, -0.15) is 0 Å². The highest BCUT2D eigenvalue weighted by atomic mass is 32.2. The van der Waals surface area contributed by atoms with Crippen molar-refractivity contribution < 1.29 is 13.9 Å². The molecule has 0 aromatic heterocycles. The standard InChI is InChI=1S/C17H24FN3O2S/c1-4-17(12-9-11(19)5-6-13(12)18)7-8-24-14(21-17)10-16(2,3)23-15(20)22/h5-6,9H,4,7-8,10,19H2,1-3H3,(H2,20,22)/t17-/m0/s1. The normalized spacial score (nSPS) is 21.2. The van der Waals surface area contributed by atoms with E-state index in [4.69, 9.17) is 21.2 Å². The molecule has 7 heteroatoms. The zero-order valence-electron chi connectivity index (χ0n) is 14.3. The molecule has 0 saturated carbocycles. The highest BCUT2D eigenvalue weighted by Crippen LogP contribution is 2.42. The van der Waals surface area contributed by atoms with Crippen molar-refractivity contribution in [3.05, 3.63) is 29.6 Å². The number of thioether (sulfide) groups is 1. The summed E-state index contributed by atoms with van der Waals surface area (Å²) in [7, 11) is 0. The fourth-order valence-electron chi connectivity index (χ4n) is 2.97. The maximum Gasteiger partial charge on any atom is 0.405 e. The number of primary amides is 1. The van der Waals surface area contributed by atoms with Crippen LogP contribution in [0.3, 0.4) is 0 Å². The Kier molecular flexibility index (Phi) is 5.42. The summed E-state index contributed by atoms with van der Waals surface area (Å²) in [5.41, 5.74) is 10.6. The molecule has 1 aliphatic heterocycles. The summed E-state index contributed by atoms with van der Waals surface area (Å²) in [6.07, 6.45) is 1.01. The Morgan fingerprint density at radius 3 is 2.83 bits per heavy atom. The van der Waals surface area contributed by atoms with Gasteiger partial charge in [0.05, 0.1) is 10.6 Å². The average Bonchev–Trinajstić information content (AvgIpc) is 2.48. The van der Waals surface area contributed by atoms with E-state index in [-0.39, 0.29) is 5.82 Å². The molecular formula is C17H24FN3O2S. The molecule has 0 bridgehead atoms. The molecule has 0 fully saturated rings. The van der Waals surface area contributed by atoms with Gasteiger partial charge in [0.25, 0.3) is 0 Å². The van der Waals surface area contributed by atoms with Crippen molar-refractivity contribution in [1.82, 2.24) is 0 Å². The Morgan fingerprint density at radius 1 is 1.50 bits per heavy atom. The third kappa shape index (κ3) is 4.20. The van der Waals surface area contributed by atoms with Gasteiger partial charge in [-0.15, -0.1) is 11.8 Å². The molecular weight excluding hydrogens is 329 g/mol. The summed E-state index contributed by atoms with van der Waals surface area (Å²) in [6, 6.07) is 4.61. The van der Waals surface area contributed by atoms with Crippen LogP contribution in [0.2, 0.25) is 0 Å². The predicted molar refractivity (Wildman–Crippen MR) is 96.7 cm³/mol. The van der Waals surface area contributed by atoms with Gasteiger partial charge in [0.1, 0.15) is 11.4 Å². The molecule has 0 saturated heterocycles. The van der Waals surface area contributed by atoms with Gasteiger partial charge in [0.15, 0.2) is 0 Å². The Labute approximate surface area is 146 Å². The molecule has 1 amide bonds. The molecule has 24 heavy (non-hydrogen) atoms. The van der Waals surface area contributed by atoms with Crippen LogP contribution in [0.15, 0.2) is 23.2 Å². The van der Waals surface area contributed by atoms with Crippen LogP contribution >= 0.6 is 11.8 Å². The van der Waals surface area contributed by atoms with Gasteiger partial charge in [-0.05, 0) is 44.9 Å². The summed E-state index contributed by atoms with van der Waals surface area (Å²) in [6.45, 7) is 5.55. The van der Waals surface area contributed by atoms with Crippen LogP contribution in [-0.2, 0) is 10.3 Å². The first-order valence-corrected chi connectivity index (χ1v) is 8.91. The summed E-state index contributed by atoms with van der Waals surface area (Å²) < 4.78 is 19.5. The van der Waals surface area contributed by atoms with E-state index in [0.29, 0.717) is 24.1 Å². The van der Waals surface area contributed by atoms with E-state index in [0.717, 1.165) is 17.2 Å². The van der Waals surface area contributed by atoms with Crippen LogP contribution in [0, 0.1) is 5.82 Å². The van der Waals surface area contributed by atoms with E-state index in [1.807, 2.05) is 6.92 Å². The van der Waals surface area contributed by atoms with E-state index < -0.39 is 17.2 Å². The molecule has 1 aromatic carbocycles. The van der Waals surface area contributed by atoms with E-state index in [9.17, 15) is 9.18 Å². The molecule has 4 N–H and O–H groups in total. The number of hydrogen-bond donors (Lipinski definition) is 2. The molecule has 2 rings (SSSR count). The third-order valence-electron chi connectivity index (χ3n) is 4.15. The summed E-state index contributed by atoms with van der Waals surface area (Å²) >= 11 is 1.60. The minimum atomic E-state index is -0.815. The molecule has 1 aliphatic rings. The van der Waals surface area contributed by atoms with Crippen LogP contribution in [-0.4, -0.2) is 22.5 Å². The minimum Gasteiger partial charge on any atom is -0.443 e. The van der Waals surface area contributed by atoms with Crippen molar-refractivity contribution in [3.8, 4) is 0 Å². The van der Waals surface area contributed by atoms with Gasteiger partial charge < -0.3 is 16.2 Å². The number of halogens is 1. The molecule has 0 unspecified atom stereocenters. The van der Waals surface area contributed by atoms with Gasteiger partial charge >= 0.3 is 6.09 Å². The summed E-state index contributed by atoms with van der Waals surface area (Å²) in [5.74, 6) is 0.516. The van der Waals surface area contributed by atoms with Gasteiger partial charge in [0.2, 0.25) is 0 Å². The Hall–Kier alpha value is -1.76. The lowest BCUT2D eigenvalue weighted by atomic mass is 9.84. The molecule has 0 radical (unpaired) electrons. The molecule has 132 valence electrons. The predicted octanol–water partition coefficient (Wildman–Crippen LogP) is 3.81. The molecule has 1 aromatic rings. The lowest BCUT2D eigenvalue weighted by molar-refractivity contribution is 0.0515. The second-order valence-electron chi connectivity index (χ2n) is 6.59. The SMILES string of the molecule is CC[C@@]1(c2cc(N)ccc2F)CCSC(CC(C)(C)OC(N)=O)=N1. The number of aliphatic imine (C=N–C) groups is 1. The average molecular weight is 353 g/mol. The number of nitrogens with zero attached hydrogens (tertiary/aromatic N) is 1. The Balaban J connectivity index is 2.37. The molecule has 1 heterocycles. The minimum absolute atomic E-state index is 0.298. The zero-order valence-corrected chi connectivity index (χ0v) is 15.1. The van der Waals surface area contributed by atoms with Crippen LogP contribution in [0.1, 0.15) is 45.6 Å². The van der Waals surface area contributed by atoms with Crippen molar-refractivity contribution in [2.45, 2.75) is 51.2 Å². The van der Waals surface area contributed by atoms with Crippen molar-refractivity contribution in [3.63, 3.8) is 0 Å². The molecule has 0 spiro atoms. The second kappa shape index (κ2) is 7.01.